The second kappa shape index (κ2) is 7.07. The minimum absolute atomic E-state index is 0.0499. The Bertz CT molecular complexity index is 844. The van der Waals surface area contributed by atoms with Gasteiger partial charge in [-0.05, 0) is 19.1 Å². The maximum Gasteiger partial charge on any atom is 0.146 e. The number of aromatic nitrogens is 2. The molecule has 1 aromatic carbocycles. The minimum atomic E-state index is -0.439. The Labute approximate surface area is 143 Å². The first-order valence-electron chi connectivity index (χ1n) is 7.50. The summed E-state index contributed by atoms with van der Waals surface area (Å²) in [6.45, 7) is 2.39. The molecule has 0 radical (unpaired) electrons. The number of aliphatic hydroxyl groups is 1. The van der Waals surface area contributed by atoms with Crippen LogP contribution in [-0.2, 0) is 13.1 Å². The molecule has 0 atom stereocenters. The van der Waals surface area contributed by atoms with Gasteiger partial charge in [0.25, 0.3) is 0 Å². The molecule has 2 N–H and O–H groups in total. The fourth-order valence-corrected chi connectivity index (χ4v) is 2.67. The maximum atomic E-state index is 14.0. The van der Waals surface area contributed by atoms with Crippen LogP contribution in [0, 0.1) is 12.7 Å². The summed E-state index contributed by atoms with van der Waals surface area (Å²) in [5, 5.41) is 16.9. The molecule has 0 aliphatic rings. The van der Waals surface area contributed by atoms with Gasteiger partial charge in [0.15, 0.2) is 0 Å². The van der Waals surface area contributed by atoms with E-state index in [9.17, 15) is 9.50 Å². The molecule has 0 fully saturated rings. The third-order valence-electron chi connectivity index (χ3n) is 3.72. The SMILES string of the molecule is Cc1occc1-c1cc(NCc2cccc(Cl)c2F)n(CCO)n1. The van der Waals surface area contributed by atoms with Gasteiger partial charge >= 0.3 is 0 Å². The number of benzene rings is 1. The van der Waals surface area contributed by atoms with E-state index < -0.39 is 5.82 Å². The highest BCUT2D eigenvalue weighted by molar-refractivity contribution is 6.30. The van der Waals surface area contributed by atoms with E-state index in [1.165, 1.54) is 6.07 Å². The number of hydrogen-bond acceptors (Lipinski definition) is 4. The summed E-state index contributed by atoms with van der Waals surface area (Å²) in [4.78, 5) is 0. The summed E-state index contributed by atoms with van der Waals surface area (Å²) >= 11 is 5.80. The Balaban J connectivity index is 1.85. The van der Waals surface area contributed by atoms with Gasteiger partial charge in [0, 0.05) is 23.7 Å². The van der Waals surface area contributed by atoms with Crippen molar-refractivity contribution in [3.05, 3.63) is 58.8 Å². The molecule has 7 heteroatoms. The van der Waals surface area contributed by atoms with Crippen molar-refractivity contribution in [3.63, 3.8) is 0 Å². The summed E-state index contributed by atoms with van der Waals surface area (Å²) < 4.78 is 20.9. The topological polar surface area (TPSA) is 63.2 Å². The van der Waals surface area contributed by atoms with Gasteiger partial charge < -0.3 is 14.8 Å². The molecule has 126 valence electrons. The molecule has 0 saturated heterocycles. The second-order valence-corrected chi connectivity index (χ2v) is 5.73. The molecule has 0 spiro atoms. The number of furan rings is 1. The summed E-state index contributed by atoms with van der Waals surface area (Å²) in [6, 6.07) is 8.56. The lowest BCUT2D eigenvalue weighted by Crippen LogP contribution is -2.11. The van der Waals surface area contributed by atoms with Crippen LogP contribution in [0.1, 0.15) is 11.3 Å². The van der Waals surface area contributed by atoms with Gasteiger partial charge in [0.2, 0.25) is 0 Å². The van der Waals surface area contributed by atoms with Crippen molar-refractivity contribution in [3.8, 4) is 11.3 Å². The van der Waals surface area contributed by atoms with Crippen LogP contribution in [0.2, 0.25) is 5.02 Å². The van der Waals surface area contributed by atoms with Gasteiger partial charge in [-0.1, -0.05) is 23.7 Å². The van der Waals surface area contributed by atoms with E-state index >= 15 is 0 Å². The van der Waals surface area contributed by atoms with Crippen LogP contribution in [0.3, 0.4) is 0 Å². The third-order valence-corrected chi connectivity index (χ3v) is 4.01. The molecular weight excluding hydrogens is 333 g/mol. The molecule has 0 aliphatic carbocycles. The predicted octanol–water partition coefficient (Wildman–Crippen LogP) is 3.85. The van der Waals surface area contributed by atoms with E-state index in [1.54, 1.807) is 23.1 Å². The van der Waals surface area contributed by atoms with E-state index in [-0.39, 0.29) is 18.2 Å². The van der Waals surface area contributed by atoms with Gasteiger partial charge in [0.05, 0.1) is 30.1 Å². The molecule has 0 aliphatic heterocycles. The average Bonchev–Trinajstić information content (AvgIpc) is 3.15. The van der Waals surface area contributed by atoms with Crippen LogP contribution in [0.4, 0.5) is 10.2 Å². The molecule has 2 aromatic heterocycles. The second-order valence-electron chi connectivity index (χ2n) is 5.32. The van der Waals surface area contributed by atoms with Crippen molar-refractivity contribution < 1.29 is 13.9 Å². The molecule has 0 amide bonds. The summed E-state index contributed by atoms with van der Waals surface area (Å²) in [6.07, 6.45) is 1.60. The van der Waals surface area contributed by atoms with E-state index in [0.717, 1.165) is 17.0 Å². The van der Waals surface area contributed by atoms with Crippen LogP contribution in [0.15, 0.2) is 41.0 Å². The molecule has 24 heavy (non-hydrogen) atoms. The molecule has 0 unspecified atom stereocenters. The van der Waals surface area contributed by atoms with E-state index in [2.05, 4.69) is 10.4 Å². The predicted molar refractivity (Wildman–Crippen MR) is 90.5 cm³/mol. The van der Waals surface area contributed by atoms with Crippen molar-refractivity contribution in [1.29, 1.82) is 0 Å². The number of aryl methyl sites for hydroxylation is 1. The largest absolute Gasteiger partial charge is 0.469 e. The third kappa shape index (κ3) is 3.29. The molecule has 0 saturated carbocycles. The zero-order valence-electron chi connectivity index (χ0n) is 13.1. The summed E-state index contributed by atoms with van der Waals surface area (Å²) in [5.74, 6) is 1.00. The number of nitrogens with zero attached hydrogens (tertiary/aromatic N) is 2. The lowest BCUT2D eigenvalue weighted by atomic mass is 10.2. The number of aliphatic hydroxyl groups excluding tert-OH is 1. The first-order chi connectivity index (χ1) is 11.6. The van der Waals surface area contributed by atoms with Crippen LogP contribution < -0.4 is 5.32 Å². The molecule has 0 bridgehead atoms. The smallest absolute Gasteiger partial charge is 0.146 e. The van der Waals surface area contributed by atoms with Crippen molar-refractivity contribution in [1.82, 2.24) is 9.78 Å². The lowest BCUT2D eigenvalue weighted by molar-refractivity contribution is 0.270. The number of anilines is 1. The highest BCUT2D eigenvalue weighted by Crippen LogP contribution is 2.26. The van der Waals surface area contributed by atoms with Crippen molar-refractivity contribution in [2.75, 3.05) is 11.9 Å². The highest BCUT2D eigenvalue weighted by atomic mass is 35.5. The standard InChI is InChI=1S/C17H17ClFN3O2/c1-11-13(5-8-24-11)15-9-16(22(21-15)6-7-23)20-10-12-3-2-4-14(18)17(12)19/h2-5,8-9,20,23H,6-7,10H2,1H3. The molecule has 5 nitrogen and oxygen atoms in total. The Morgan fingerprint density at radius 3 is 2.92 bits per heavy atom. The van der Waals surface area contributed by atoms with Crippen LogP contribution in [-0.4, -0.2) is 21.5 Å². The van der Waals surface area contributed by atoms with E-state index in [4.69, 9.17) is 16.0 Å². The van der Waals surface area contributed by atoms with Crippen molar-refractivity contribution in [2.45, 2.75) is 20.0 Å². The fraction of sp³-hybridized carbons (Fsp3) is 0.235. The molecular formula is C17H17ClFN3O2. The fourth-order valence-electron chi connectivity index (χ4n) is 2.48. The Hall–Kier alpha value is -2.31. The summed E-state index contributed by atoms with van der Waals surface area (Å²) in [5.41, 5.74) is 2.06. The Kier molecular flexibility index (Phi) is 4.87. The minimum Gasteiger partial charge on any atom is -0.469 e. The van der Waals surface area contributed by atoms with Crippen LogP contribution >= 0.6 is 11.6 Å². The van der Waals surface area contributed by atoms with Crippen molar-refractivity contribution >= 4 is 17.4 Å². The molecule has 3 aromatic rings. The number of nitrogens with one attached hydrogen (secondary N) is 1. The first kappa shape index (κ1) is 16.5. The Morgan fingerprint density at radius 2 is 2.21 bits per heavy atom. The number of rotatable bonds is 6. The van der Waals surface area contributed by atoms with Crippen LogP contribution in [0.5, 0.6) is 0 Å². The van der Waals surface area contributed by atoms with Crippen molar-refractivity contribution in [2.24, 2.45) is 0 Å². The number of halogens is 2. The van der Waals surface area contributed by atoms with E-state index in [0.29, 0.717) is 17.9 Å². The quantitative estimate of drug-likeness (QED) is 0.709. The van der Waals surface area contributed by atoms with Gasteiger partial charge in [-0.25, -0.2) is 9.07 Å². The van der Waals surface area contributed by atoms with E-state index in [1.807, 2.05) is 19.1 Å². The van der Waals surface area contributed by atoms with Gasteiger partial charge in [-0.15, -0.1) is 0 Å². The number of hydrogen-bond donors (Lipinski definition) is 2. The summed E-state index contributed by atoms with van der Waals surface area (Å²) in [7, 11) is 0. The van der Waals surface area contributed by atoms with Gasteiger partial charge in [0.1, 0.15) is 17.4 Å². The zero-order valence-corrected chi connectivity index (χ0v) is 13.8. The molecule has 3 rings (SSSR count). The average molecular weight is 350 g/mol. The normalized spacial score (nSPS) is 11.0. The first-order valence-corrected chi connectivity index (χ1v) is 7.88. The van der Waals surface area contributed by atoms with Gasteiger partial charge in [-0.2, -0.15) is 5.10 Å². The molecule has 2 heterocycles. The van der Waals surface area contributed by atoms with Crippen LogP contribution in [0.25, 0.3) is 11.3 Å². The maximum absolute atomic E-state index is 14.0. The Morgan fingerprint density at radius 1 is 1.38 bits per heavy atom. The zero-order chi connectivity index (χ0) is 17.1. The lowest BCUT2D eigenvalue weighted by Gasteiger charge is -2.09. The monoisotopic (exact) mass is 349 g/mol. The highest BCUT2D eigenvalue weighted by Gasteiger charge is 2.13. The van der Waals surface area contributed by atoms with Gasteiger partial charge in [-0.3, -0.25) is 0 Å².